The second-order valence-corrected chi connectivity index (χ2v) is 5.66. The molecule has 0 unspecified atom stereocenters. The van der Waals surface area contributed by atoms with E-state index in [1.54, 1.807) is 0 Å². The van der Waals surface area contributed by atoms with Crippen molar-refractivity contribution in [1.82, 2.24) is 0 Å². The largest absolute Gasteiger partial charge is 0.0619 e. The quantitative estimate of drug-likeness (QED) is 0.479. The van der Waals surface area contributed by atoms with Gasteiger partial charge in [-0.3, -0.25) is 0 Å². The van der Waals surface area contributed by atoms with Crippen molar-refractivity contribution in [2.45, 2.75) is 19.3 Å². The number of rotatable bonds is 0. The van der Waals surface area contributed by atoms with Crippen LogP contribution in [0.2, 0.25) is 0 Å². The minimum absolute atomic E-state index is 0.0783. The van der Waals surface area contributed by atoms with E-state index in [4.69, 9.17) is 0 Å². The third kappa shape index (κ3) is 1.52. The Hall–Kier alpha value is -1.27. The molecular weight excluding hydrogens is 331 g/mol. The molecule has 0 nitrogen and oxygen atoms in total. The fraction of sp³-hybridized carbons (Fsp3) is 0.176. The van der Waals surface area contributed by atoms with Gasteiger partial charge in [0.1, 0.15) is 0 Å². The summed E-state index contributed by atoms with van der Waals surface area (Å²) in [6.07, 6.45) is 0. The Morgan fingerprint density at radius 1 is 0.944 bits per heavy atom. The molecule has 88 valence electrons. The minimum atomic E-state index is 0.0783. The molecule has 1 aliphatic rings. The summed E-state index contributed by atoms with van der Waals surface area (Å²) in [5, 5.41) is 0. The van der Waals surface area contributed by atoms with Crippen molar-refractivity contribution in [2.75, 3.05) is 0 Å². The summed E-state index contributed by atoms with van der Waals surface area (Å²) in [7, 11) is 0. The lowest BCUT2D eigenvalue weighted by Gasteiger charge is -2.21. The lowest BCUT2D eigenvalue weighted by Crippen LogP contribution is -2.14. The van der Waals surface area contributed by atoms with Crippen LogP contribution in [0.5, 0.6) is 0 Å². The Bertz CT molecular complexity index is 684. The zero-order valence-electron chi connectivity index (χ0n) is 10.4. The SMILES string of the molecule is CC1(C)c2ccccc2-c2c(C#CI)cccc21. The predicted octanol–water partition coefficient (Wildman–Crippen LogP) is 4.74. The highest BCUT2D eigenvalue weighted by Crippen LogP contribution is 2.49. The molecule has 0 aromatic heterocycles. The predicted molar refractivity (Wildman–Crippen MR) is 84.9 cm³/mol. The van der Waals surface area contributed by atoms with Crippen LogP contribution in [0.25, 0.3) is 11.1 Å². The van der Waals surface area contributed by atoms with Crippen LogP contribution in [-0.4, -0.2) is 0 Å². The summed E-state index contributed by atoms with van der Waals surface area (Å²) in [5.41, 5.74) is 6.67. The first-order chi connectivity index (χ1) is 8.66. The summed E-state index contributed by atoms with van der Waals surface area (Å²) in [6, 6.07) is 15.1. The van der Waals surface area contributed by atoms with Crippen LogP contribution in [0.3, 0.4) is 0 Å². The van der Waals surface area contributed by atoms with E-state index in [1.807, 2.05) is 0 Å². The normalized spacial score (nSPS) is 14.4. The molecule has 2 aromatic rings. The van der Waals surface area contributed by atoms with Gasteiger partial charge in [-0.05, 0) is 26.7 Å². The number of hydrogen-bond acceptors (Lipinski definition) is 0. The molecule has 0 saturated heterocycles. The van der Waals surface area contributed by atoms with Gasteiger partial charge in [0.05, 0.1) is 0 Å². The standard InChI is InChI=1S/C17H13I/c1-17(2)14-8-4-3-7-13(14)16-12(10-11-18)6-5-9-15(16)17/h3-9H,1-2H3. The lowest BCUT2D eigenvalue weighted by molar-refractivity contribution is 0.660. The van der Waals surface area contributed by atoms with Gasteiger partial charge in [0.2, 0.25) is 0 Å². The van der Waals surface area contributed by atoms with Gasteiger partial charge in [0.25, 0.3) is 0 Å². The maximum absolute atomic E-state index is 3.22. The molecule has 0 fully saturated rings. The van der Waals surface area contributed by atoms with Gasteiger partial charge < -0.3 is 0 Å². The average Bonchev–Trinajstić information content (AvgIpc) is 2.61. The molecule has 0 aliphatic heterocycles. The van der Waals surface area contributed by atoms with Gasteiger partial charge >= 0.3 is 0 Å². The molecule has 0 spiro atoms. The van der Waals surface area contributed by atoms with Gasteiger partial charge in [-0.1, -0.05) is 56.2 Å². The van der Waals surface area contributed by atoms with Crippen molar-refractivity contribution in [3.8, 4) is 21.0 Å². The first-order valence-corrected chi connectivity index (χ1v) is 7.09. The van der Waals surface area contributed by atoms with Gasteiger partial charge in [0, 0.05) is 39.1 Å². The topological polar surface area (TPSA) is 0 Å². The molecule has 1 heteroatoms. The highest BCUT2D eigenvalue weighted by atomic mass is 127. The molecule has 3 rings (SSSR count). The molecule has 0 heterocycles. The fourth-order valence-electron chi connectivity index (χ4n) is 2.91. The molecule has 0 atom stereocenters. The van der Waals surface area contributed by atoms with E-state index < -0.39 is 0 Å². The lowest BCUT2D eigenvalue weighted by atomic mass is 9.82. The van der Waals surface area contributed by atoms with Gasteiger partial charge in [0.15, 0.2) is 0 Å². The highest BCUT2D eigenvalue weighted by molar-refractivity contribution is 14.1. The first-order valence-electron chi connectivity index (χ1n) is 6.01. The average molecular weight is 344 g/mol. The molecule has 0 radical (unpaired) electrons. The van der Waals surface area contributed by atoms with Crippen LogP contribution in [0.1, 0.15) is 30.5 Å². The van der Waals surface area contributed by atoms with Gasteiger partial charge in [-0.25, -0.2) is 0 Å². The van der Waals surface area contributed by atoms with E-state index in [1.165, 1.54) is 22.3 Å². The molecule has 18 heavy (non-hydrogen) atoms. The Morgan fingerprint density at radius 2 is 1.67 bits per heavy atom. The second kappa shape index (κ2) is 4.13. The fourth-order valence-corrected chi connectivity index (χ4v) is 3.20. The molecular formula is C17H13I. The van der Waals surface area contributed by atoms with Crippen LogP contribution < -0.4 is 0 Å². The maximum Gasteiger partial charge on any atom is 0.0335 e. The van der Waals surface area contributed by atoms with Crippen LogP contribution >= 0.6 is 22.6 Å². The summed E-state index contributed by atoms with van der Waals surface area (Å²) in [4.78, 5) is 0. The smallest absolute Gasteiger partial charge is 0.0335 e. The number of hydrogen-bond donors (Lipinski definition) is 0. The van der Waals surface area contributed by atoms with E-state index >= 15 is 0 Å². The number of benzene rings is 2. The van der Waals surface area contributed by atoms with Crippen LogP contribution in [0.15, 0.2) is 42.5 Å². The number of fused-ring (bicyclic) bond motifs is 3. The summed E-state index contributed by atoms with van der Waals surface area (Å²) < 4.78 is 2.99. The monoisotopic (exact) mass is 344 g/mol. The van der Waals surface area contributed by atoms with Crippen molar-refractivity contribution in [3.63, 3.8) is 0 Å². The first kappa shape index (κ1) is 11.8. The van der Waals surface area contributed by atoms with E-state index in [0.29, 0.717) is 0 Å². The summed E-state index contributed by atoms with van der Waals surface area (Å²) in [5.74, 6) is 3.22. The molecule has 0 amide bonds. The zero-order chi connectivity index (χ0) is 12.8. The Labute approximate surface area is 122 Å². The van der Waals surface area contributed by atoms with Crippen molar-refractivity contribution in [1.29, 1.82) is 0 Å². The van der Waals surface area contributed by atoms with E-state index in [9.17, 15) is 0 Å². The number of halogens is 1. The molecule has 0 N–H and O–H groups in total. The third-order valence-corrected chi connectivity index (χ3v) is 4.06. The van der Waals surface area contributed by atoms with Crippen molar-refractivity contribution < 1.29 is 0 Å². The van der Waals surface area contributed by atoms with Gasteiger partial charge in [-0.15, -0.1) is 0 Å². The molecule has 1 aliphatic carbocycles. The molecule has 0 saturated carbocycles. The van der Waals surface area contributed by atoms with Gasteiger partial charge in [-0.2, -0.15) is 0 Å². The highest BCUT2D eigenvalue weighted by Gasteiger charge is 2.35. The van der Waals surface area contributed by atoms with E-state index in [2.05, 4.69) is 88.8 Å². The second-order valence-electron chi connectivity index (χ2n) is 5.12. The summed E-state index contributed by atoms with van der Waals surface area (Å²) >= 11 is 2.10. The van der Waals surface area contributed by atoms with Crippen LogP contribution in [-0.2, 0) is 5.41 Å². The van der Waals surface area contributed by atoms with Crippen LogP contribution in [0, 0.1) is 9.85 Å². The Balaban J connectivity index is 2.42. The van der Waals surface area contributed by atoms with E-state index in [-0.39, 0.29) is 5.41 Å². The zero-order valence-corrected chi connectivity index (χ0v) is 12.6. The van der Waals surface area contributed by atoms with Crippen molar-refractivity contribution in [3.05, 3.63) is 59.2 Å². The summed E-state index contributed by atoms with van der Waals surface area (Å²) in [6.45, 7) is 4.58. The molecule has 2 aromatic carbocycles. The van der Waals surface area contributed by atoms with Crippen LogP contribution in [0.4, 0.5) is 0 Å². The Kier molecular flexibility index (Phi) is 2.71. The third-order valence-electron chi connectivity index (χ3n) is 3.79. The molecule has 0 bridgehead atoms. The maximum atomic E-state index is 3.22. The Morgan fingerprint density at radius 3 is 2.44 bits per heavy atom. The van der Waals surface area contributed by atoms with E-state index in [0.717, 1.165) is 5.56 Å². The minimum Gasteiger partial charge on any atom is -0.0619 e. The van der Waals surface area contributed by atoms with Crippen molar-refractivity contribution >= 4 is 22.6 Å². The van der Waals surface area contributed by atoms with Crippen molar-refractivity contribution in [2.24, 2.45) is 0 Å².